The Balaban J connectivity index is 1.94. The first-order chi connectivity index (χ1) is 8.33. The van der Waals surface area contributed by atoms with Crippen molar-refractivity contribution in [1.82, 2.24) is 10.1 Å². The molecule has 1 atom stereocenters. The van der Waals surface area contributed by atoms with Gasteiger partial charge in [-0.2, -0.15) is 4.98 Å². The zero-order valence-corrected chi connectivity index (χ0v) is 10.4. The number of hydrogen-bond acceptors (Lipinski definition) is 5. The average Bonchev–Trinajstić information content (AvgIpc) is 2.85. The number of methoxy groups -OCH3 is 1. The topological polar surface area (TPSA) is 74.2 Å². The van der Waals surface area contributed by atoms with Crippen molar-refractivity contribution in [3.8, 4) is 0 Å². The van der Waals surface area contributed by atoms with Gasteiger partial charge >= 0.3 is 0 Å². The fraction of sp³-hybridized carbons (Fsp3) is 0.833. The van der Waals surface area contributed by atoms with Crippen molar-refractivity contribution in [2.75, 3.05) is 13.7 Å². The van der Waals surface area contributed by atoms with Gasteiger partial charge in [0.25, 0.3) is 0 Å². The Bertz CT molecular complexity index is 330. The Hall–Kier alpha value is -0.940. The first kappa shape index (κ1) is 12.5. The predicted octanol–water partition coefficient (Wildman–Crippen LogP) is 1.63. The third kappa shape index (κ3) is 3.26. The second kappa shape index (κ2) is 6.12. The first-order valence-corrected chi connectivity index (χ1v) is 6.38. The summed E-state index contributed by atoms with van der Waals surface area (Å²) in [6.45, 7) is 0.470. The van der Waals surface area contributed by atoms with Crippen LogP contribution < -0.4 is 5.73 Å². The molecule has 1 aliphatic carbocycles. The SMILES string of the molecule is COC(CN)Cc1nc(C2CCCCC2)no1. The summed E-state index contributed by atoms with van der Waals surface area (Å²) in [4.78, 5) is 4.46. The summed E-state index contributed by atoms with van der Waals surface area (Å²) in [6.07, 6.45) is 6.82. The second-order valence-corrected chi connectivity index (χ2v) is 4.68. The maximum Gasteiger partial charge on any atom is 0.229 e. The number of nitrogens with zero attached hydrogens (tertiary/aromatic N) is 2. The van der Waals surface area contributed by atoms with Gasteiger partial charge in [-0.15, -0.1) is 0 Å². The lowest BCUT2D eigenvalue weighted by Gasteiger charge is -2.17. The van der Waals surface area contributed by atoms with E-state index in [4.69, 9.17) is 15.0 Å². The highest BCUT2D eigenvalue weighted by molar-refractivity contribution is 4.97. The van der Waals surface area contributed by atoms with Gasteiger partial charge in [0.05, 0.1) is 12.5 Å². The van der Waals surface area contributed by atoms with Gasteiger partial charge in [-0.1, -0.05) is 24.4 Å². The lowest BCUT2D eigenvalue weighted by atomic mass is 9.89. The highest BCUT2D eigenvalue weighted by Gasteiger charge is 2.21. The van der Waals surface area contributed by atoms with Crippen LogP contribution in [0, 0.1) is 0 Å². The van der Waals surface area contributed by atoms with Crippen molar-refractivity contribution in [2.24, 2.45) is 5.73 Å². The molecule has 1 heterocycles. The van der Waals surface area contributed by atoms with Crippen molar-refractivity contribution in [3.05, 3.63) is 11.7 Å². The van der Waals surface area contributed by atoms with Crippen LogP contribution in [0.5, 0.6) is 0 Å². The summed E-state index contributed by atoms with van der Waals surface area (Å²) < 4.78 is 10.5. The van der Waals surface area contributed by atoms with Crippen molar-refractivity contribution in [1.29, 1.82) is 0 Å². The van der Waals surface area contributed by atoms with E-state index < -0.39 is 0 Å². The van der Waals surface area contributed by atoms with E-state index in [9.17, 15) is 0 Å². The van der Waals surface area contributed by atoms with E-state index in [1.807, 2.05) is 0 Å². The van der Waals surface area contributed by atoms with Crippen LogP contribution in [0.2, 0.25) is 0 Å². The van der Waals surface area contributed by atoms with Crippen LogP contribution in [-0.2, 0) is 11.2 Å². The van der Waals surface area contributed by atoms with Gasteiger partial charge in [-0.25, -0.2) is 0 Å². The number of aromatic nitrogens is 2. The molecule has 1 fully saturated rings. The third-order valence-corrected chi connectivity index (χ3v) is 3.45. The van der Waals surface area contributed by atoms with E-state index in [1.54, 1.807) is 7.11 Å². The fourth-order valence-electron chi connectivity index (χ4n) is 2.34. The average molecular weight is 239 g/mol. The van der Waals surface area contributed by atoms with Crippen LogP contribution in [-0.4, -0.2) is 29.9 Å². The Kier molecular flexibility index (Phi) is 4.50. The molecule has 0 saturated heterocycles. The summed E-state index contributed by atoms with van der Waals surface area (Å²) in [5, 5.41) is 4.08. The molecule has 0 amide bonds. The minimum atomic E-state index is -0.0327. The zero-order valence-electron chi connectivity index (χ0n) is 10.4. The molecule has 2 rings (SSSR count). The summed E-state index contributed by atoms with van der Waals surface area (Å²) in [7, 11) is 1.65. The largest absolute Gasteiger partial charge is 0.380 e. The van der Waals surface area contributed by atoms with Crippen LogP contribution in [0.25, 0.3) is 0 Å². The van der Waals surface area contributed by atoms with E-state index in [0.717, 1.165) is 5.82 Å². The van der Waals surface area contributed by atoms with E-state index in [1.165, 1.54) is 32.1 Å². The Morgan fingerprint density at radius 2 is 2.18 bits per heavy atom. The maximum atomic E-state index is 5.57. The molecule has 0 spiro atoms. The van der Waals surface area contributed by atoms with E-state index in [-0.39, 0.29) is 6.10 Å². The van der Waals surface area contributed by atoms with Gasteiger partial charge < -0.3 is 15.0 Å². The molecule has 1 aliphatic rings. The van der Waals surface area contributed by atoms with Gasteiger partial charge in [-0.05, 0) is 12.8 Å². The summed E-state index contributed by atoms with van der Waals surface area (Å²) >= 11 is 0. The highest BCUT2D eigenvalue weighted by atomic mass is 16.5. The Morgan fingerprint density at radius 1 is 1.41 bits per heavy atom. The van der Waals surface area contributed by atoms with Gasteiger partial charge in [-0.3, -0.25) is 0 Å². The molecule has 17 heavy (non-hydrogen) atoms. The monoisotopic (exact) mass is 239 g/mol. The van der Waals surface area contributed by atoms with Crippen LogP contribution in [0.1, 0.15) is 49.7 Å². The molecule has 5 heteroatoms. The smallest absolute Gasteiger partial charge is 0.229 e. The van der Waals surface area contributed by atoms with Crippen LogP contribution >= 0.6 is 0 Å². The first-order valence-electron chi connectivity index (χ1n) is 6.38. The van der Waals surface area contributed by atoms with Crippen LogP contribution in [0.4, 0.5) is 0 Å². The van der Waals surface area contributed by atoms with Crippen molar-refractivity contribution in [2.45, 2.75) is 50.5 Å². The number of rotatable bonds is 5. The number of ether oxygens (including phenoxy) is 1. The quantitative estimate of drug-likeness (QED) is 0.845. The normalized spacial score (nSPS) is 19.4. The molecule has 5 nitrogen and oxygen atoms in total. The van der Waals surface area contributed by atoms with Gasteiger partial charge in [0.1, 0.15) is 0 Å². The predicted molar refractivity (Wildman–Crippen MR) is 63.7 cm³/mol. The standard InChI is InChI=1S/C12H21N3O2/c1-16-10(8-13)7-11-14-12(15-17-11)9-5-3-2-4-6-9/h9-10H,2-8,13H2,1H3. The van der Waals surface area contributed by atoms with Crippen LogP contribution in [0.3, 0.4) is 0 Å². The molecule has 0 radical (unpaired) electrons. The number of hydrogen-bond donors (Lipinski definition) is 1. The molecule has 1 aromatic rings. The van der Waals surface area contributed by atoms with Gasteiger partial charge in [0.2, 0.25) is 5.89 Å². The van der Waals surface area contributed by atoms with E-state index in [2.05, 4.69) is 10.1 Å². The van der Waals surface area contributed by atoms with E-state index >= 15 is 0 Å². The lowest BCUT2D eigenvalue weighted by molar-refractivity contribution is 0.102. The Morgan fingerprint density at radius 3 is 2.82 bits per heavy atom. The maximum absolute atomic E-state index is 5.57. The molecule has 1 unspecified atom stereocenters. The minimum absolute atomic E-state index is 0.0327. The molecule has 0 aliphatic heterocycles. The highest BCUT2D eigenvalue weighted by Crippen LogP contribution is 2.30. The second-order valence-electron chi connectivity index (χ2n) is 4.68. The minimum Gasteiger partial charge on any atom is -0.380 e. The molecule has 2 N–H and O–H groups in total. The zero-order chi connectivity index (χ0) is 12.1. The van der Waals surface area contributed by atoms with Crippen molar-refractivity contribution in [3.63, 3.8) is 0 Å². The molecule has 1 aromatic heterocycles. The summed E-state index contributed by atoms with van der Waals surface area (Å²) in [5.41, 5.74) is 5.57. The molecule has 96 valence electrons. The third-order valence-electron chi connectivity index (χ3n) is 3.45. The van der Waals surface area contributed by atoms with Crippen molar-refractivity contribution < 1.29 is 9.26 Å². The van der Waals surface area contributed by atoms with Crippen LogP contribution in [0.15, 0.2) is 4.52 Å². The fourth-order valence-corrected chi connectivity index (χ4v) is 2.34. The molecular weight excluding hydrogens is 218 g/mol. The van der Waals surface area contributed by atoms with Gasteiger partial charge in [0, 0.05) is 19.6 Å². The number of nitrogens with two attached hydrogens (primary N) is 1. The lowest BCUT2D eigenvalue weighted by Crippen LogP contribution is -2.24. The molecule has 1 saturated carbocycles. The molecular formula is C12H21N3O2. The molecule has 0 aromatic carbocycles. The van der Waals surface area contributed by atoms with E-state index in [0.29, 0.717) is 24.8 Å². The van der Waals surface area contributed by atoms with Gasteiger partial charge in [0.15, 0.2) is 5.82 Å². The van der Waals surface area contributed by atoms with Crippen molar-refractivity contribution >= 4 is 0 Å². The Labute approximate surface area is 102 Å². The molecule has 0 bridgehead atoms. The summed E-state index contributed by atoms with van der Waals surface area (Å²) in [6, 6.07) is 0. The summed E-state index contributed by atoms with van der Waals surface area (Å²) in [5.74, 6) is 1.99.